The van der Waals surface area contributed by atoms with Crippen LogP contribution in [0.25, 0.3) is 11.0 Å². The van der Waals surface area contributed by atoms with E-state index in [-0.39, 0.29) is 5.41 Å². The van der Waals surface area contributed by atoms with Gasteiger partial charge in [0.2, 0.25) is 0 Å². The minimum atomic E-state index is -0.274. The molecule has 1 atom stereocenters. The fraction of sp³-hybridized carbons (Fsp3) is 0.176. The fourth-order valence-corrected chi connectivity index (χ4v) is 3.37. The third kappa shape index (κ3) is 1.25. The second kappa shape index (κ2) is 3.52. The lowest BCUT2D eigenvalue weighted by atomic mass is 9.78. The number of para-hydroxylation sites is 1. The Balaban J connectivity index is 1.83. The smallest absolute Gasteiger partial charge is 0.170 e. The normalized spacial score (nSPS) is 21.8. The van der Waals surface area contributed by atoms with Crippen LogP contribution in [-0.2, 0) is 5.41 Å². The highest BCUT2D eigenvalue weighted by Gasteiger charge is 2.45. The number of nitrogens with zero attached hydrogens (tertiary/aromatic N) is 2. The van der Waals surface area contributed by atoms with Crippen LogP contribution in [0.4, 0.5) is 5.69 Å². The summed E-state index contributed by atoms with van der Waals surface area (Å²) < 4.78 is 11.3. The van der Waals surface area contributed by atoms with E-state index in [4.69, 9.17) is 9.26 Å². The van der Waals surface area contributed by atoms with Crippen LogP contribution in [0.2, 0.25) is 0 Å². The first kappa shape index (κ1) is 11.1. The molecule has 2 aliphatic rings. The maximum Gasteiger partial charge on any atom is 0.170 e. The van der Waals surface area contributed by atoms with Gasteiger partial charge >= 0.3 is 0 Å². The van der Waals surface area contributed by atoms with Crippen molar-refractivity contribution in [3.63, 3.8) is 0 Å². The maximum absolute atomic E-state index is 5.93. The van der Waals surface area contributed by atoms with Crippen LogP contribution in [0.15, 0.2) is 45.9 Å². The highest BCUT2D eigenvalue weighted by Crippen LogP contribution is 2.49. The average Bonchev–Trinajstić information content (AvgIpc) is 3.18. The molecule has 4 nitrogen and oxygen atoms in total. The maximum atomic E-state index is 5.93. The van der Waals surface area contributed by atoms with E-state index in [0.717, 1.165) is 33.7 Å². The molecule has 0 saturated heterocycles. The van der Waals surface area contributed by atoms with Gasteiger partial charge in [0.05, 0.1) is 16.8 Å². The number of aromatic nitrogens is 1. The van der Waals surface area contributed by atoms with Crippen molar-refractivity contribution < 1.29 is 9.26 Å². The molecule has 102 valence electrons. The summed E-state index contributed by atoms with van der Waals surface area (Å²) in [5.74, 6) is 0.863. The molecule has 0 radical (unpaired) electrons. The molecule has 0 N–H and O–H groups in total. The van der Waals surface area contributed by atoms with Gasteiger partial charge in [-0.15, -0.1) is 0 Å². The molecule has 3 heterocycles. The van der Waals surface area contributed by atoms with E-state index in [0.29, 0.717) is 6.61 Å². The summed E-state index contributed by atoms with van der Waals surface area (Å²) >= 11 is 0. The van der Waals surface area contributed by atoms with Crippen LogP contribution in [-0.4, -0.2) is 18.0 Å². The molecule has 5 rings (SSSR count). The standard InChI is InChI=1S/C17H12N2O2/c1-10-11-6-13-16(7-15(11)21-19-10)20-9-17(13)8-18-14-5-3-2-4-12(14)17/h2-8H,9H2,1H3. The Morgan fingerprint density at radius 2 is 2.05 bits per heavy atom. The molecule has 1 aromatic heterocycles. The molecule has 0 bridgehead atoms. The lowest BCUT2D eigenvalue weighted by Crippen LogP contribution is -2.28. The molecule has 4 heteroatoms. The second-order valence-corrected chi connectivity index (χ2v) is 5.65. The Morgan fingerprint density at radius 3 is 3.00 bits per heavy atom. The molecule has 1 unspecified atom stereocenters. The second-order valence-electron chi connectivity index (χ2n) is 5.65. The van der Waals surface area contributed by atoms with Crippen molar-refractivity contribution in [1.29, 1.82) is 0 Å². The topological polar surface area (TPSA) is 47.6 Å². The van der Waals surface area contributed by atoms with Crippen LogP contribution in [0.5, 0.6) is 5.75 Å². The summed E-state index contributed by atoms with van der Waals surface area (Å²) in [4.78, 5) is 4.58. The summed E-state index contributed by atoms with van der Waals surface area (Å²) in [5, 5.41) is 5.07. The van der Waals surface area contributed by atoms with E-state index in [1.54, 1.807) is 0 Å². The SMILES string of the molecule is Cc1noc2cc3c(cc12)C1(C=Nc2ccccc21)CO3. The monoisotopic (exact) mass is 276 g/mol. The van der Waals surface area contributed by atoms with E-state index in [1.165, 1.54) is 5.56 Å². The first-order chi connectivity index (χ1) is 10.3. The van der Waals surface area contributed by atoms with Crippen molar-refractivity contribution in [3.05, 3.63) is 53.2 Å². The van der Waals surface area contributed by atoms with Crippen LogP contribution in [0.1, 0.15) is 16.8 Å². The van der Waals surface area contributed by atoms with Crippen LogP contribution >= 0.6 is 0 Å². The summed E-state index contributed by atoms with van der Waals surface area (Å²) in [7, 11) is 0. The van der Waals surface area contributed by atoms with E-state index >= 15 is 0 Å². The molecule has 2 aromatic carbocycles. The van der Waals surface area contributed by atoms with Crippen molar-refractivity contribution in [3.8, 4) is 5.75 Å². The number of rotatable bonds is 0. The molecular formula is C17H12N2O2. The Labute approximate surface area is 121 Å². The summed E-state index contributed by atoms with van der Waals surface area (Å²) in [6.45, 7) is 2.54. The zero-order valence-corrected chi connectivity index (χ0v) is 11.5. The summed E-state index contributed by atoms with van der Waals surface area (Å²) in [5.41, 5.74) is 4.77. The Bertz CT molecular complexity index is 926. The van der Waals surface area contributed by atoms with Gasteiger partial charge < -0.3 is 9.26 Å². The van der Waals surface area contributed by atoms with Crippen molar-refractivity contribution in [2.75, 3.05) is 6.61 Å². The molecule has 3 aromatic rings. The zero-order valence-electron chi connectivity index (χ0n) is 11.5. The Morgan fingerprint density at radius 1 is 1.14 bits per heavy atom. The van der Waals surface area contributed by atoms with Gasteiger partial charge in [0, 0.05) is 23.2 Å². The van der Waals surface area contributed by atoms with Gasteiger partial charge in [0.1, 0.15) is 12.4 Å². The van der Waals surface area contributed by atoms with Crippen molar-refractivity contribution in [1.82, 2.24) is 5.16 Å². The number of benzene rings is 2. The Kier molecular flexibility index (Phi) is 1.86. The van der Waals surface area contributed by atoms with Gasteiger partial charge in [0.25, 0.3) is 0 Å². The van der Waals surface area contributed by atoms with Gasteiger partial charge in [-0.3, -0.25) is 4.99 Å². The first-order valence-electron chi connectivity index (χ1n) is 6.96. The summed E-state index contributed by atoms with van der Waals surface area (Å²) in [6, 6.07) is 12.3. The quantitative estimate of drug-likeness (QED) is 0.631. The number of aryl methyl sites for hydroxylation is 1. The van der Waals surface area contributed by atoms with Gasteiger partial charge in [-0.25, -0.2) is 0 Å². The fourth-order valence-electron chi connectivity index (χ4n) is 3.37. The van der Waals surface area contributed by atoms with Crippen molar-refractivity contribution in [2.24, 2.45) is 4.99 Å². The third-order valence-electron chi connectivity index (χ3n) is 4.50. The number of fused-ring (bicyclic) bond motifs is 5. The molecule has 0 saturated carbocycles. The van der Waals surface area contributed by atoms with E-state index in [2.05, 4.69) is 28.3 Å². The van der Waals surface area contributed by atoms with Gasteiger partial charge in [-0.05, 0) is 24.6 Å². The lowest BCUT2D eigenvalue weighted by molar-refractivity contribution is 0.327. The van der Waals surface area contributed by atoms with Crippen LogP contribution < -0.4 is 4.74 Å². The molecular weight excluding hydrogens is 264 g/mol. The number of aliphatic imine (C=N–C) groups is 1. The van der Waals surface area contributed by atoms with E-state index in [1.807, 2.05) is 31.3 Å². The molecule has 21 heavy (non-hydrogen) atoms. The summed E-state index contributed by atoms with van der Waals surface area (Å²) in [6.07, 6.45) is 2.01. The predicted octanol–water partition coefficient (Wildman–Crippen LogP) is 3.53. The van der Waals surface area contributed by atoms with Gasteiger partial charge in [-0.2, -0.15) is 0 Å². The molecule has 0 amide bonds. The third-order valence-corrected chi connectivity index (χ3v) is 4.50. The van der Waals surface area contributed by atoms with Crippen molar-refractivity contribution >= 4 is 22.9 Å². The molecule has 0 aliphatic carbocycles. The predicted molar refractivity (Wildman–Crippen MR) is 79.6 cm³/mol. The minimum absolute atomic E-state index is 0.274. The van der Waals surface area contributed by atoms with Crippen LogP contribution in [0.3, 0.4) is 0 Å². The highest BCUT2D eigenvalue weighted by molar-refractivity contribution is 5.94. The first-order valence-corrected chi connectivity index (χ1v) is 6.96. The molecule has 1 spiro atoms. The van der Waals surface area contributed by atoms with Crippen LogP contribution in [0, 0.1) is 6.92 Å². The number of ether oxygens (including phenoxy) is 1. The van der Waals surface area contributed by atoms with Gasteiger partial charge in [-0.1, -0.05) is 23.4 Å². The number of hydrogen-bond acceptors (Lipinski definition) is 4. The molecule has 2 aliphatic heterocycles. The zero-order chi connectivity index (χ0) is 14.0. The van der Waals surface area contributed by atoms with Gasteiger partial charge in [0.15, 0.2) is 5.58 Å². The van der Waals surface area contributed by atoms with E-state index in [9.17, 15) is 0 Å². The number of hydrogen-bond donors (Lipinski definition) is 0. The Hall–Kier alpha value is -2.62. The minimum Gasteiger partial charge on any atom is -0.491 e. The largest absolute Gasteiger partial charge is 0.491 e. The van der Waals surface area contributed by atoms with Crippen molar-refractivity contribution in [2.45, 2.75) is 12.3 Å². The average molecular weight is 276 g/mol. The molecule has 0 fully saturated rings. The highest BCUT2D eigenvalue weighted by atomic mass is 16.5. The van der Waals surface area contributed by atoms with E-state index < -0.39 is 0 Å². The lowest BCUT2D eigenvalue weighted by Gasteiger charge is -2.20.